The first-order valence-electron chi connectivity index (χ1n) is 6.53. The van der Waals surface area contributed by atoms with Crippen molar-refractivity contribution in [3.63, 3.8) is 0 Å². The number of thioether (sulfide) groups is 1. The van der Waals surface area contributed by atoms with Gasteiger partial charge in [0.05, 0.1) is 12.7 Å². The van der Waals surface area contributed by atoms with Crippen LogP contribution in [-0.2, 0) is 16.4 Å². The van der Waals surface area contributed by atoms with Gasteiger partial charge in [0.15, 0.2) is 9.84 Å². The normalized spacial score (nSPS) is 20.0. The van der Waals surface area contributed by atoms with Crippen LogP contribution in [0.4, 0.5) is 0 Å². The first kappa shape index (κ1) is 16.1. The van der Waals surface area contributed by atoms with Crippen LogP contribution < -0.4 is 4.74 Å². The van der Waals surface area contributed by atoms with E-state index in [-0.39, 0.29) is 0 Å². The largest absolute Gasteiger partial charge is 0.495 e. The Morgan fingerprint density at radius 2 is 2.29 bits per heavy atom. The summed E-state index contributed by atoms with van der Waals surface area (Å²) in [6, 6.07) is 7.44. The molecule has 0 bridgehead atoms. The van der Waals surface area contributed by atoms with Gasteiger partial charge in [-0.2, -0.15) is 17.0 Å². The van der Waals surface area contributed by atoms with E-state index < -0.39 is 15.2 Å². The number of methoxy groups -OCH3 is 1. The number of hydrogen-bond donors (Lipinski definition) is 0. The third kappa shape index (κ3) is 3.90. The van der Waals surface area contributed by atoms with Crippen LogP contribution in [-0.4, -0.2) is 50.1 Å². The number of sulfone groups is 1. The Morgan fingerprint density at radius 3 is 2.90 bits per heavy atom. The molecular weight excluding hydrogens is 308 g/mol. The van der Waals surface area contributed by atoms with Gasteiger partial charge < -0.3 is 4.74 Å². The minimum Gasteiger partial charge on any atom is -0.495 e. The molecule has 1 aliphatic rings. The first-order valence-corrected chi connectivity index (χ1v) is 9.64. The Bertz CT molecular complexity index is 653. The van der Waals surface area contributed by atoms with E-state index in [2.05, 4.69) is 6.07 Å². The molecule has 0 amide bonds. The zero-order valence-electron chi connectivity index (χ0n) is 12.1. The van der Waals surface area contributed by atoms with Gasteiger partial charge in [0, 0.05) is 30.9 Å². The van der Waals surface area contributed by atoms with Crippen molar-refractivity contribution in [2.45, 2.75) is 11.9 Å². The highest BCUT2D eigenvalue weighted by Crippen LogP contribution is 2.25. The summed E-state index contributed by atoms with van der Waals surface area (Å²) < 4.78 is 29.0. The summed E-state index contributed by atoms with van der Waals surface area (Å²) in [6.07, 6.45) is 1.29. The molecule has 0 N–H and O–H groups in total. The molecule has 5 nitrogen and oxygen atoms in total. The van der Waals surface area contributed by atoms with E-state index >= 15 is 0 Å². The average Bonchev–Trinajstić information content (AvgIpc) is 2.46. The molecule has 1 aromatic rings. The van der Waals surface area contributed by atoms with E-state index in [0.29, 0.717) is 23.6 Å². The maximum Gasteiger partial charge on any atom is 0.164 e. The molecule has 1 atom stereocenters. The molecule has 0 radical (unpaired) electrons. The number of benzene rings is 1. The van der Waals surface area contributed by atoms with Crippen LogP contribution in [0.25, 0.3) is 0 Å². The van der Waals surface area contributed by atoms with Crippen LogP contribution in [0.5, 0.6) is 5.75 Å². The lowest BCUT2D eigenvalue weighted by atomic mass is 10.1. The SMILES string of the molecule is COc1cc(CN2CCSCC2S(C)(=O)=O)ccc1C#N. The number of hydrogen-bond acceptors (Lipinski definition) is 6. The third-order valence-corrected chi connectivity index (χ3v) is 6.14. The molecule has 1 unspecified atom stereocenters. The minimum absolute atomic E-state index is 0.446. The summed E-state index contributed by atoms with van der Waals surface area (Å²) in [5.41, 5.74) is 1.43. The number of nitrogens with zero attached hydrogens (tertiary/aromatic N) is 2. The molecule has 1 aromatic carbocycles. The average molecular weight is 326 g/mol. The van der Waals surface area contributed by atoms with Crippen molar-refractivity contribution in [2.75, 3.05) is 31.4 Å². The Hall–Kier alpha value is -1.23. The number of rotatable bonds is 4. The van der Waals surface area contributed by atoms with Gasteiger partial charge in [0.1, 0.15) is 17.2 Å². The van der Waals surface area contributed by atoms with Gasteiger partial charge in [-0.3, -0.25) is 4.90 Å². The molecular formula is C14H18N2O3S2. The smallest absolute Gasteiger partial charge is 0.164 e. The highest BCUT2D eigenvalue weighted by molar-refractivity contribution is 8.00. The lowest BCUT2D eigenvalue weighted by Crippen LogP contribution is -2.46. The highest BCUT2D eigenvalue weighted by Gasteiger charge is 2.30. The van der Waals surface area contributed by atoms with Gasteiger partial charge in [-0.25, -0.2) is 8.42 Å². The summed E-state index contributed by atoms with van der Waals surface area (Å²) in [7, 11) is -1.58. The lowest BCUT2D eigenvalue weighted by Gasteiger charge is -2.34. The van der Waals surface area contributed by atoms with Gasteiger partial charge >= 0.3 is 0 Å². The van der Waals surface area contributed by atoms with E-state index in [4.69, 9.17) is 10.00 Å². The molecule has 0 spiro atoms. The molecule has 0 saturated carbocycles. The third-order valence-electron chi connectivity index (χ3n) is 3.46. The molecule has 1 heterocycles. The first-order chi connectivity index (χ1) is 9.95. The molecule has 0 aromatic heterocycles. The van der Waals surface area contributed by atoms with Crippen LogP contribution in [0.15, 0.2) is 18.2 Å². The van der Waals surface area contributed by atoms with Crippen LogP contribution in [0.1, 0.15) is 11.1 Å². The fourth-order valence-electron chi connectivity index (χ4n) is 2.35. The predicted molar refractivity (Wildman–Crippen MR) is 84.1 cm³/mol. The predicted octanol–water partition coefficient (Wildman–Crippen LogP) is 1.49. The number of nitriles is 1. The molecule has 7 heteroatoms. The standard InChI is InChI=1S/C14H18N2O3S2/c1-19-13-7-11(3-4-12(13)8-15)9-16-5-6-20-10-14(16)21(2,17)18/h3-4,7,14H,5-6,9-10H2,1-2H3. The summed E-state index contributed by atoms with van der Waals surface area (Å²) in [6.45, 7) is 1.28. The fraction of sp³-hybridized carbons (Fsp3) is 0.500. The Balaban J connectivity index is 2.22. The van der Waals surface area contributed by atoms with Gasteiger partial charge in [0.25, 0.3) is 0 Å². The fourth-order valence-corrected chi connectivity index (χ4v) is 5.29. The van der Waals surface area contributed by atoms with Gasteiger partial charge in [-0.05, 0) is 17.7 Å². The van der Waals surface area contributed by atoms with E-state index in [9.17, 15) is 8.42 Å². The van der Waals surface area contributed by atoms with Crippen LogP contribution in [0.2, 0.25) is 0 Å². The van der Waals surface area contributed by atoms with Crippen molar-refractivity contribution < 1.29 is 13.2 Å². The van der Waals surface area contributed by atoms with Gasteiger partial charge in [0.2, 0.25) is 0 Å². The second-order valence-corrected chi connectivity index (χ2v) is 8.33. The van der Waals surface area contributed by atoms with Gasteiger partial charge in [-0.1, -0.05) is 6.07 Å². The van der Waals surface area contributed by atoms with E-state index in [1.54, 1.807) is 23.9 Å². The second-order valence-electron chi connectivity index (χ2n) is 4.98. The Labute approximate surface area is 129 Å². The molecule has 2 rings (SSSR count). The molecule has 0 aliphatic carbocycles. The topological polar surface area (TPSA) is 70.4 Å². The molecule has 1 saturated heterocycles. The lowest BCUT2D eigenvalue weighted by molar-refractivity contribution is 0.262. The van der Waals surface area contributed by atoms with Crippen LogP contribution in [0, 0.1) is 11.3 Å². The molecule has 21 heavy (non-hydrogen) atoms. The monoisotopic (exact) mass is 326 g/mol. The van der Waals surface area contributed by atoms with E-state index in [1.165, 1.54) is 13.4 Å². The van der Waals surface area contributed by atoms with E-state index in [0.717, 1.165) is 17.9 Å². The Kier molecular flexibility index (Phi) is 5.14. The highest BCUT2D eigenvalue weighted by atomic mass is 32.2. The van der Waals surface area contributed by atoms with Crippen LogP contribution in [0.3, 0.4) is 0 Å². The quantitative estimate of drug-likeness (QED) is 0.835. The number of ether oxygens (including phenoxy) is 1. The van der Waals surface area contributed by atoms with E-state index in [1.807, 2.05) is 11.0 Å². The summed E-state index contributed by atoms with van der Waals surface area (Å²) in [5, 5.41) is 8.54. The molecule has 1 aliphatic heterocycles. The van der Waals surface area contributed by atoms with Crippen molar-refractivity contribution in [1.82, 2.24) is 4.90 Å². The summed E-state index contributed by atoms with van der Waals surface area (Å²) in [5.74, 6) is 2.06. The molecule has 114 valence electrons. The van der Waals surface area contributed by atoms with Crippen LogP contribution >= 0.6 is 11.8 Å². The van der Waals surface area contributed by atoms with Crippen molar-refractivity contribution in [1.29, 1.82) is 5.26 Å². The summed E-state index contributed by atoms with van der Waals surface area (Å²) in [4.78, 5) is 1.98. The summed E-state index contributed by atoms with van der Waals surface area (Å²) >= 11 is 1.67. The van der Waals surface area contributed by atoms with Crippen molar-refractivity contribution in [2.24, 2.45) is 0 Å². The Morgan fingerprint density at radius 1 is 1.52 bits per heavy atom. The van der Waals surface area contributed by atoms with Crippen molar-refractivity contribution in [3.05, 3.63) is 29.3 Å². The van der Waals surface area contributed by atoms with Crippen molar-refractivity contribution in [3.8, 4) is 11.8 Å². The van der Waals surface area contributed by atoms with Gasteiger partial charge in [-0.15, -0.1) is 0 Å². The second kappa shape index (κ2) is 6.69. The maximum absolute atomic E-state index is 11.9. The minimum atomic E-state index is -3.10. The zero-order chi connectivity index (χ0) is 15.5. The molecule has 1 fully saturated rings. The maximum atomic E-state index is 11.9. The van der Waals surface area contributed by atoms with Crippen molar-refractivity contribution >= 4 is 21.6 Å². The zero-order valence-corrected chi connectivity index (χ0v) is 13.7.